The maximum Gasteiger partial charge on any atom is 0.225 e. The lowest BCUT2D eigenvalue weighted by Crippen LogP contribution is -2.29. The standard InChI is InChI=1S/C14H19ClN2O/c15-12-7-3-4-8-13(12)17-14(18)9-10-16-11-5-1-2-6-11/h3-4,7-8,11,16H,1-2,5-6,9-10H2,(H,17,18). The first kappa shape index (κ1) is 13.4. The Morgan fingerprint density at radius 1 is 1.28 bits per heavy atom. The third kappa shape index (κ3) is 4.00. The molecule has 1 saturated carbocycles. The van der Waals surface area contributed by atoms with Crippen molar-refractivity contribution in [1.29, 1.82) is 0 Å². The molecule has 3 nitrogen and oxygen atoms in total. The molecule has 1 aromatic rings. The molecule has 0 unspecified atom stereocenters. The molecule has 1 fully saturated rings. The van der Waals surface area contributed by atoms with Crippen LogP contribution in [-0.2, 0) is 4.79 Å². The zero-order valence-corrected chi connectivity index (χ0v) is 11.2. The summed E-state index contributed by atoms with van der Waals surface area (Å²) in [5, 5.41) is 6.82. The first-order valence-electron chi connectivity index (χ1n) is 6.53. The Labute approximate surface area is 113 Å². The van der Waals surface area contributed by atoms with Crippen molar-refractivity contribution in [3.63, 3.8) is 0 Å². The van der Waals surface area contributed by atoms with Crippen molar-refractivity contribution >= 4 is 23.2 Å². The number of hydrogen-bond donors (Lipinski definition) is 2. The van der Waals surface area contributed by atoms with Gasteiger partial charge in [0, 0.05) is 19.0 Å². The molecule has 4 heteroatoms. The summed E-state index contributed by atoms with van der Waals surface area (Å²) in [5.74, 6) is 0.00796. The van der Waals surface area contributed by atoms with Crippen LogP contribution in [0.1, 0.15) is 32.1 Å². The molecule has 0 heterocycles. The molecule has 1 aromatic carbocycles. The quantitative estimate of drug-likeness (QED) is 0.859. The van der Waals surface area contributed by atoms with Gasteiger partial charge in [-0.1, -0.05) is 36.6 Å². The summed E-state index contributed by atoms with van der Waals surface area (Å²) in [6, 6.07) is 7.90. The van der Waals surface area contributed by atoms with Gasteiger partial charge in [0.05, 0.1) is 10.7 Å². The van der Waals surface area contributed by atoms with E-state index in [0.717, 1.165) is 6.54 Å². The fraction of sp³-hybridized carbons (Fsp3) is 0.500. The third-order valence-electron chi connectivity index (χ3n) is 3.29. The molecule has 1 amide bonds. The van der Waals surface area contributed by atoms with Crippen molar-refractivity contribution in [3.05, 3.63) is 29.3 Å². The molecule has 1 aliphatic carbocycles. The van der Waals surface area contributed by atoms with E-state index >= 15 is 0 Å². The second kappa shape index (κ2) is 6.76. The number of anilines is 1. The fourth-order valence-corrected chi connectivity index (χ4v) is 2.48. The summed E-state index contributed by atoms with van der Waals surface area (Å²) in [6.45, 7) is 0.737. The summed E-state index contributed by atoms with van der Waals surface area (Å²) in [6.07, 6.45) is 5.59. The van der Waals surface area contributed by atoms with E-state index in [4.69, 9.17) is 11.6 Å². The minimum absolute atomic E-state index is 0.00796. The lowest BCUT2D eigenvalue weighted by atomic mass is 10.2. The van der Waals surface area contributed by atoms with Gasteiger partial charge in [0.2, 0.25) is 5.91 Å². The Kier molecular flexibility index (Phi) is 5.02. The normalized spacial score (nSPS) is 15.8. The van der Waals surface area contributed by atoms with Crippen molar-refractivity contribution in [1.82, 2.24) is 5.32 Å². The molecule has 98 valence electrons. The van der Waals surface area contributed by atoms with Crippen LogP contribution in [0.25, 0.3) is 0 Å². The van der Waals surface area contributed by atoms with Crippen molar-refractivity contribution in [3.8, 4) is 0 Å². The van der Waals surface area contributed by atoms with Crippen LogP contribution in [0.15, 0.2) is 24.3 Å². The predicted molar refractivity (Wildman–Crippen MR) is 75.0 cm³/mol. The summed E-state index contributed by atoms with van der Waals surface area (Å²) in [7, 11) is 0. The molecule has 2 rings (SSSR count). The van der Waals surface area contributed by atoms with Crippen LogP contribution in [-0.4, -0.2) is 18.5 Å². The lowest BCUT2D eigenvalue weighted by molar-refractivity contribution is -0.116. The number of amides is 1. The molecule has 0 aromatic heterocycles. The number of rotatable bonds is 5. The SMILES string of the molecule is O=C(CCNC1CCCC1)Nc1ccccc1Cl. The van der Waals surface area contributed by atoms with E-state index in [9.17, 15) is 4.79 Å². The molecule has 18 heavy (non-hydrogen) atoms. The highest BCUT2D eigenvalue weighted by molar-refractivity contribution is 6.33. The van der Waals surface area contributed by atoms with Crippen molar-refractivity contribution in [2.45, 2.75) is 38.1 Å². The Bertz CT molecular complexity index is 403. The molecule has 0 saturated heterocycles. The molecular formula is C14H19ClN2O. The third-order valence-corrected chi connectivity index (χ3v) is 3.62. The van der Waals surface area contributed by atoms with Gasteiger partial charge in [0.15, 0.2) is 0 Å². The van der Waals surface area contributed by atoms with Crippen LogP contribution in [0.4, 0.5) is 5.69 Å². The Morgan fingerprint density at radius 3 is 2.72 bits per heavy atom. The van der Waals surface area contributed by atoms with E-state index in [-0.39, 0.29) is 5.91 Å². The van der Waals surface area contributed by atoms with Gasteiger partial charge >= 0.3 is 0 Å². The first-order chi connectivity index (χ1) is 8.75. The van der Waals surface area contributed by atoms with Crippen molar-refractivity contribution < 1.29 is 4.79 Å². The van der Waals surface area contributed by atoms with Crippen molar-refractivity contribution in [2.24, 2.45) is 0 Å². The highest BCUT2D eigenvalue weighted by Gasteiger charge is 2.14. The Hall–Kier alpha value is -1.06. The smallest absolute Gasteiger partial charge is 0.225 e. The lowest BCUT2D eigenvalue weighted by Gasteiger charge is -2.11. The zero-order chi connectivity index (χ0) is 12.8. The zero-order valence-electron chi connectivity index (χ0n) is 10.4. The average Bonchev–Trinajstić information content (AvgIpc) is 2.85. The largest absolute Gasteiger partial charge is 0.325 e. The number of benzene rings is 1. The van der Waals surface area contributed by atoms with E-state index in [1.54, 1.807) is 6.07 Å². The maximum atomic E-state index is 11.7. The number of carbonyl (C=O) groups is 1. The van der Waals surface area contributed by atoms with Gasteiger partial charge in [0.1, 0.15) is 0 Å². The van der Waals surface area contributed by atoms with Gasteiger partial charge in [-0.2, -0.15) is 0 Å². The molecule has 0 atom stereocenters. The van der Waals surface area contributed by atoms with Gasteiger partial charge in [0.25, 0.3) is 0 Å². The summed E-state index contributed by atoms with van der Waals surface area (Å²) < 4.78 is 0. The predicted octanol–water partition coefficient (Wildman–Crippen LogP) is 3.20. The van der Waals surface area contributed by atoms with E-state index in [0.29, 0.717) is 23.2 Å². The van der Waals surface area contributed by atoms with E-state index in [2.05, 4.69) is 10.6 Å². The van der Waals surface area contributed by atoms with Crippen molar-refractivity contribution in [2.75, 3.05) is 11.9 Å². The monoisotopic (exact) mass is 266 g/mol. The van der Waals surface area contributed by atoms with Gasteiger partial charge < -0.3 is 10.6 Å². The van der Waals surface area contributed by atoms with Crippen LogP contribution < -0.4 is 10.6 Å². The number of hydrogen-bond acceptors (Lipinski definition) is 2. The summed E-state index contributed by atoms with van der Waals surface area (Å²) in [4.78, 5) is 11.7. The maximum absolute atomic E-state index is 11.7. The summed E-state index contributed by atoms with van der Waals surface area (Å²) >= 11 is 5.98. The van der Waals surface area contributed by atoms with Gasteiger partial charge in [-0.05, 0) is 25.0 Å². The molecule has 0 bridgehead atoms. The average molecular weight is 267 g/mol. The topological polar surface area (TPSA) is 41.1 Å². The number of carbonyl (C=O) groups excluding carboxylic acids is 1. The molecular weight excluding hydrogens is 248 g/mol. The number of nitrogens with one attached hydrogen (secondary N) is 2. The summed E-state index contributed by atoms with van der Waals surface area (Å²) in [5.41, 5.74) is 0.685. The van der Waals surface area contributed by atoms with Gasteiger partial charge in [-0.3, -0.25) is 4.79 Å². The van der Waals surface area contributed by atoms with E-state index in [1.165, 1.54) is 25.7 Å². The van der Waals surface area contributed by atoms with Crippen LogP contribution in [0.3, 0.4) is 0 Å². The van der Waals surface area contributed by atoms with Crippen LogP contribution in [0, 0.1) is 0 Å². The molecule has 0 aliphatic heterocycles. The highest BCUT2D eigenvalue weighted by Crippen LogP contribution is 2.20. The van der Waals surface area contributed by atoms with Gasteiger partial charge in [-0.15, -0.1) is 0 Å². The first-order valence-corrected chi connectivity index (χ1v) is 6.91. The van der Waals surface area contributed by atoms with Crippen LogP contribution in [0.5, 0.6) is 0 Å². The Morgan fingerprint density at radius 2 is 2.00 bits per heavy atom. The van der Waals surface area contributed by atoms with Gasteiger partial charge in [-0.25, -0.2) is 0 Å². The van der Waals surface area contributed by atoms with Crippen LogP contribution >= 0.6 is 11.6 Å². The fourth-order valence-electron chi connectivity index (χ4n) is 2.30. The second-order valence-electron chi connectivity index (χ2n) is 4.71. The minimum Gasteiger partial charge on any atom is -0.325 e. The molecule has 0 spiro atoms. The number of para-hydroxylation sites is 1. The second-order valence-corrected chi connectivity index (χ2v) is 5.12. The van der Waals surface area contributed by atoms with E-state index in [1.807, 2.05) is 18.2 Å². The number of halogens is 1. The minimum atomic E-state index is 0.00796. The van der Waals surface area contributed by atoms with Crippen LogP contribution in [0.2, 0.25) is 5.02 Å². The Balaban J connectivity index is 1.70. The van der Waals surface area contributed by atoms with E-state index < -0.39 is 0 Å². The molecule has 2 N–H and O–H groups in total. The molecule has 0 radical (unpaired) electrons. The highest BCUT2D eigenvalue weighted by atomic mass is 35.5. The molecule has 1 aliphatic rings.